The molecule has 0 saturated carbocycles. The Kier molecular flexibility index (Phi) is 2.39. The Balaban J connectivity index is 2.63. The molecule has 1 heterocycles. The fourth-order valence-electron chi connectivity index (χ4n) is 0.547. The third-order valence-electron chi connectivity index (χ3n) is 1.01. The van der Waals surface area contributed by atoms with Crippen molar-refractivity contribution in [1.82, 2.24) is 4.98 Å². The van der Waals surface area contributed by atoms with Crippen molar-refractivity contribution in [2.45, 2.75) is 26.3 Å². The van der Waals surface area contributed by atoms with E-state index in [2.05, 4.69) is 30.7 Å². The smallest absolute Gasteiger partial charge is 0.133 e. The van der Waals surface area contributed by atoms with E-state index >= 15 is 0 Å². The maximum atomic E-state index is 4.32. The lowest BCUT2D eigenvalue weighted by Crippen LogP contribution is -2.09. The summed E-state index contributed by atoms with van der Waals surface area (Å²) in [7, 11) is 0. The van der Waals surface area contributed by atoms with Gasteiger partial charge in [-0.05, 0) is 20.8 Å². The number of nitrogens with zero attached hydrogens (tertiary/aromatic N) is 2. The minimum Gasteiger partial charge on any atom is -0.284 e. The summed E-state index contributed by atoms with van der Waals surface area (Å²) in [6.45, 7) is 6.20. The monoisotopic (exact) mass is 168 g/mol. The maximum absolute atomic E-state index is 4.32. The molecule has 0 aliphatic rings. The molecule has 0 radical (unpaired) electrons. The Hall–Kier alpha value is -0.700. The molecule has 0 spiro atoms. The minimum absolute atomic E-state index is 0.00562. The van der Waals surface area contributed by atoms with Gasteiger partial charge < -0.3 is 0 Å². The lowest BCUT2D eigenvalue weighted by molar-refractivity contribution is 0.586. The Morgan fingerprint density at radius 1 is 1.55 bits per heavy atom. The fraction of sp³-hybridized carbons (Fsp3) is 0.500. The minimum atomic E-state index is 0.00562. The van der Waals surface area contributed by atoms with Gasteiger partial charge in [0.25, 0.3) is 0 Å². The van der Waals surface area contributed by atoms with Crippen LogP contribution in [0, 0.1) is 0 Å². The van der Waals surface area contributed by atoms with Gasteiger partial charge in [0, 0.05) is 11.6 Å². The predicted molar refractivity (Wildman–Crippen MR) is 49.5 cm³/mol. The van der Waals surface area contributed by atoms with E-state index in [1.54, 1.807) is 17.5 Å². The Bertz CT molecular complexity index is 231. The summed E-state index contributed by atoms with van der Waals surface area (Å²) >= 11 is 1.60. The van der Waals surface area contributed by atoms with Crippen molar-refractivity contribution in [2.75, 3.05) is 0 Å². The molecule has 1 rings (SSSR count). The van der Waals surface area contributed by atoms with Gasteiger partial charge in [0.1, 0.15) is 5.01 Å². The highest BCUT2D eigenvalue weighted by molar-refractivity contribution is 7.11. The topological polar surface area (TPSA) is 25.2 Å². The van der Waals surface area contributed by atoms with Crippen LogP contribution in [0.2, 0.25) is 0 Å². The highest BCUT2D eigenvalue weighted by atomic mass is 32.1. The summed E-state index contributed by atoms with van der Waals surface area (Å²) in [6.07, 6.45) is 3.61. The molecular weight excluding hydrogens is 156 g/mol. The first-order chi connectivity index (χ1) is 5.08. The molecule has 3 heteroatoms. The van der Waals surface area contributed by atoms with Crippen LogP contribution in [0.1, 0.15) is 25.8 Å². The van der Waals surface area contributed by atoms with Crippen LogP contribution in [0.5, 0.6) is 0 Å². The second-order valence-corrected chi connectivity index (χ2v) is 4.23. The van der Waals surface area contributed by atoms with Crippen molar-refractivity contribution in [3.8, 4) is 0 Å². The Labute approximate surface area is 71.0 Å². The third-order valence-corrected chi connectivity index (χ3v) is 1.72. The van der Waals surface area contributed by atoms with E-state index in [1.807, 2.05) is 11.6 Å². The van der Waals surface area contributed by atoms with Crippen molar-refractivity contribution >= 4 is 17.6 Å². The van der Waals surface area contributed by atoms with Gasteiger partial charge in [-0.1, -0.05) is 0 Å². The average molecular weight is 168 g/mol. The third kappa shape index (κ3) is 3.28. The summed E-state index contributed by atoms with van der Waals surface area (Å²) in [5.41, 5.74) is 0.00562. The van der Waals surface area contributed by atoms with Gasteiger partial charge in [-0.2, -0.15) is 0 Å². The summed E-state index contributed by atoms with van der Waals surface area (Å²) in [5, 5.41) is 2.92. The quantitative estimate of drug-likeness (QED) is 0.591. The van der Waals surface area contributed by atoms with E-state index in [-0.39, 0.29) is 5.54 Å². The standard InChI is InChI=1S/C8H12N2S/c1-8(2,3)10-6-7-9-4-5-11-7/h4-6H,1-3H3. The lowest BCUT2D eigenvalue weighted by atomic mass is 10.1. The summed E-state index contributed by atoms with van der Waals surface area (Å²) < 4.78 is 0. The van der Waals surface area contributed by atoms with Gasteiger partial charge >= 0.3 is 0 Å². The number of thiazole rings is 1. The van der Waals surface area contributed by atoms with Crippen molar-refractivity contribution < 1.29 is 0 Å². The SMILES string of the molecule is CC(C)(C)N=Cc1nccs1. The molecule has 0 aliphatic heterocycles. The van der Waals surface area contributed by atoms with Crippen LogP contribution in [0.3, 0.4) is 0 Å². The zero-order valence-electron chi connectivity index (χ0n) is 7.03. The second-order valence-electron chi connectivity index (χ2n) is 3.30. The number of rotatable bonds is 1. The Morgan fingerprint density at radius 2 is 2.27 bits per heavy atom. The van der Waals surface area contributed by atoms with Crippen molar-refractivity contribution in [3.05, 3.63) is 16.6 Å². The van der Waals surface area contributed by atoms with E-state index in [4.69, 9.17) is 0 Å². The van der Waals surface area contributed by atoms with Crippen molar-refractivity contribution in [3.63, 3.8) is 0 Å². The van der Waals surface area contributed by atoms with Crippen LogP contribution < -0.4 is 0 Å². The van der Waals surface area contributed by atoms with E-state index in [0.717, 1.165) is 5.01 Å². The summed E-state index contributed by atoms with van der Waals surface area (Å²) in [4.78, 5) is 8.41. The molecule has 2 nitrogen and oxygen atoms in total. The Morgan fingerprint density at radius 3 is 2.73 bits per heavy atom. The zero-order valence-corrected chi connectivity index (χ0v) is 7.85. The summed E-state index contributed by atoms with van der Waals surface area (Å²) in [5.74, 6) is 0. The molecule has 1 aromatic rings. The van der Waals surface area contributed by atoms with Gasteiger partial charge in [0.15, 0.2) is 0 Å². The van der Waals surface area contributed by atoms with E-state index in [9.17, 15) is 0 Å². The average Bonchev–Trinajstić information content (AvgIpc) is 2.32. The highest BCUT2D eigenvalue weighted by Crippen LogP contribution is 2.07. The van der Waals surface area contributed by atoms with Gasteiger partial charge in [-0.15, -0.1) is 11.3 Å². The fourth-order valence-corrected chi connectivity index (χ4v) is 1.04. The zero-order chi connectivity index (χ0) is 8.32. The number of hydrogen-bond donors (Lipinski definition) is 0. The van der Waals surface area contributed by atoms with Gasteiger partial charge in [0.05, 0.1) is 11.8 Å². The van der Waals surface area contributed by atoms with Crippen LogP contribution in [0.25, 0.3) is 0 Å². The van der Waals surface area contributed by atoms with Crippen LogP contribution in [0.15, 0.2) is 16.6 Å². The maximum Gasteiger partial charge on any atom is 0.133 e. The number of aromatic nitrogens is 1. The molecule has 0 aromatic carbocycles. The second kappa shape index (κ2) is 3.13. The number of hydrogen-bond acceptors (Lipinski definition) is 3. The van der Waals surface area contributed by atoms with Crippen LogP contribution in [-0.2, 0) is 0 Å². The molecule has 60 valence electrons. The molecule has 0 N–H and O–H groups in total. The molecule has 0 amide bonds. The molecule has 11 heavy (non-hydrogen) atoms. The largest absolute Gasteiger partial charge is 0.284 e. The molecule has 1 aromatic heterocycles. The normalized spacial score (nSPS) is 12.6. The molecular formula is C8H12N2S. The first-order valence-corrected chi connectivity index (χ1v) is 4.41. The van der Waals surface area contributed by atoms with Crippen LogP contribution in [0.4, 0.5) is 0 Å². The van der Waals surface area contributed by atoms with E-state index < -0.39 is 0 Å². The molecule has 0 bridgehead atoms. The molecule has 0 unspecified atom stereocenters. The first-order valence-electron chi connectivity index (χ1n) is 3.53. The van der Waals surface area contributed by atoms with E-state index in [1.165, 1.54) is 0 Å². The summed E-state index contributed by atoms with van der Waals surface area (Å²) in [6, 6.07) is 0. The van der Waals surface area contributed by atoms with Gasteiger partial charge in [-0.25, -0.2) is 4.98 Å². The molecule has 0 saturated heterocycles. The molecule has 0 atom stereocenters. The number of aliphatic imine (C=N–C) groups is 1. The first kappa shape index (κ1) is 8.40. The van der Waals surface area contributed by atoms with Crippen molar-refractivity contribution in [1.29, 1.82) is 0 Å². The van der Waals surface area contributed by atoms with Gasteiger partial charge in [0.2, 0.25) is 0 Å². The van der Waals surface area contributed by atoms with Crippen LogP contribution >= 0.6 is 11.3 Å². The highest BCUT2D eigenvalue weighted by Gasteiger charge is 2.04. The molecule has 0 aliphatic carbocycles. The van der Waals surface area contributed by atoms with Crippen LogP contribution in [-0.4, -0.2) is 16.7 Å². The lowest BCUT2D eigenvalue weighted by Gasteiger charge is -2.09. The molecule has 0 fully saturated rings. The van der Waals surface area contributed by atoms with E-state index in [0.29, 0.717) is 0 Å². The van der Waals surface area contributed by atoms with Crippen molar-refractivity contribution in [2.24, 2.45) is 4.99 Å². The predicted octanol–water partition coefficient (Wildman–Crippen LogP) is 2.36. The van der Waals surface area contributed by atoms with Gasteiger partial charge in [-0.3, -0.25) is 4.99 Å².